The summed E-state index contributed by atoms with van der Waals surface area (Å²) in [5.74, 6) is 3.64. The molecule has 0 bridgehead atoms. The van der Waals surface area contributed by atoms with Crippen LogP contribution in [0.1, 0.15) is 40.3 Å². The van der Waals surface area contributed by atoms with Crippen LogP contribution in [0.3, 0.4) is 0 Å². The van der Waals surface area contributed by atoms with Crippen molar-refractivity contribution in [3.8, 4) is 17.6 Å². The fraction of sp³-hybridized carbons (Fsp3) is 0.345. The number of nitrogens with one attached hydrogen (secondary N) is 2. The molecule has 2 aromatic carbocycles. The molecule has 8 nitrogen and oxygen atoms in total. The minimum Gasteiger partial charge on any atom is -0.502 e. The number of H-pyrrole nitrogens is 1. The summed E-state index contributed by atoms with van der Waals surface area (Å²) in [4.78, 5) is 33.0. The fourth-order valence-corrected chi connectivity index (χ4v) is 4.46. The number of likely N-dealkylation sites (tertiary alicyclic amines) is 1. The zero-order chi connectivity index (χ0) is 27.8. The second kappa shape index (κ2) is 13.1. The van der Waals surface area contributed by atoms with Gasteiger partial charge in [-0.25, -0.2) is 13.8 Å². The average molecular weight is 537 g/mol. The standard InChI is InChI=1S/C29H30F2N4O4/c1-39-23-12-13-35(17-23)16-22-10-6-20(7-11-22)3-2-19-4-8-21(9-5-19)14-24(28(37)32-15-25(30)31)26-27(36)29(38)34-18-33-26/h4-11,18,23-25,36H,12-17H2,1H3,(H,32,37)(H,33,34,38)/t23-,24?/m1/s1. The van der Waals surface area contributed by atoms with Gasteiger partial charge in [-0.2, -0.15) is 0 Å². The Hall–Kier alpha value is -4.07. The summed E-state index contributed by atoms with van der Waals surface area (Å²) in [6.45, 7) is 2.00. The van der Waals surface area contributed by atoms with Crippen LogP contribution in [0.4, 0.5) is 8.78 Å². The Morgan fingerprint density at radius 1 is 1.15 bits per heavy atom. The van der Waals surface area contributed by atoms with Crippen LogP contribution in [-0.4, -0.2) is 65.2 Å². The lowest BCUT2D eigenvalue weighted by molar-refractivity contribution is -0.123. The summed E-state index contributed by atoms with van der Waals surface area (Å²) in [6.07, 6.45) is -0.286. The number of benzene rings is 2. The molecule has 39 heavy (non-hydrogen) atoms. The number of nitrogens with zero attached hydrogens (tertiary/aromatic N) is 2. The highest BCUT2D eigenvalue weighted by atomic mass is 19.3. The van der Waals surface area contributed by atoms with E-state index >= 15 is 0 Å². The molecule has 1 unspecified atom stereocenters. The van der Waals surface area contributed by atoms with Gasteiger partial charge in [-0.1, -0.05) is 36.1 Å². The minimum atomic E-state index is -2.74. The lowest BCUT2D eigenvalue weighted by Gasteiger charge is -2.17. The molecule has 204 valence electrons. The summed E-state index contributed by atoms with van der Waals surface area (Å²) in [7, 11) is 1.75. The van der Waals surface area contributed by atoms with Crippen molar-refractivity contribution in [2.75, 3.05) is 26.7 Å². The van der Waals surface area contributed by atoms with Crippen molar-refractivity contribution in [1.29, 1.82) is 0 Å². The first-order valence-electron chi connectivity index (χ1n) is 12.6. The van der Waals surface area contributed by atoms with Crippen LogP contribution >= 0.6 is 0 Å². The average Bonchev–Trinajstić information content (AvgIpc) is 3.40. The number of alkyl halides is 2. The molecule has 0 spiro atoms. The molecule has 1 aliphatic rings. The van der Waals surface area contributed by atoms with E-state index in [1.54, 1.807) is 31.4 Å². The lowest BCUT2D eigenvalue weighted by Crippen LogP contribution is -2.34. The van der Waals surface area contributed by atoms with E-state index in [1.807, 2.05) is 12.1 Å². The number of halogens is 2. The third kappa shape index (κ3) is 7.72. The van der Waals surface area contributed by atoms with Gasteiger partial charge < -0.3 is 20.1 Å². The number of aromatic hydroxyl groups is 1. The number of carbonyl (C=O) groups is 1. The number of hydrogen-bond acceptors (Lipinski definition) is 6. The Bertz CT molecular complexity index is 1380. The number of methoxy groups -OCH3 is 1. The van der Waals surface area contributed by atoms with E-state index < -0.39 is 36.1 Å². The topological polar surface area (TPSA) is 108 Å². The summed E-state index contributed by atoms with van der Waals surface area (Å²) in [5, 5.41) is 12.3. The predicted octanol–water partition coefficient (Wildman–Crippen LogP) is 2.80. The number of aromatic amines is 1. The highest BCUT2D eigenvalue weighted by Crippen LogP contribution is 2.25. The quantitative estimate of drug-likeness (QED) is 0.363. The maximum Gasteiger partial charge on any atom is 0.293 e. The maximum atomic E-state index is 12.7. The molecule has 1 fully saturated rings. The van der Waals surface area contributed by atoms with Gasteiger partial charge >= 0.3 is 0 Å². The predicted molar refractivity (Wildman–Crippen MR) is 142 cm³/mol. The molecule has 3 aromatic rings. The molecule has 2 heterocycles. The first-order valence-corrected chi connectivity index (χ1v) is 12.6. The molecular weight excluding hydrogens is 506 g/mol. The minimum absolute atomic E-state index is 0.0381. The van der Waals surface area contributed by atoms with E-state index in [-0.39, 0.29) is 12.1 Å². The molecule has 0 radical (unpaired) electrons. The van der Waals surface area contributed by atoms with Crippen molar-refractivity contribution in [2.24, 2.45) is 0 Å². The van der Waals surface area contributed by atoms with Crippen molar-refractivity contribution in [3.05, 3.63) is 93.2 Å². The molecular formula is C29H30F2N4O4. The number of carbonyl (C=O) groups excluding carboxylic acids is 1. The maximum absolute atomic E-state index is 12.7. The molecule has 10 heteroatoms. The Balaban J connectivity index is 1.42. The van der Waals surface area contributed by atoms with Crippen molar-refractivity contribution < 1.29 is 23.4 Å². The fourth-order valence-electron chi connectivity index (χ4n) is 4.46. The van der Waals surface area contributed by atoms with Gasteiger partial charge in [0.25, 0.3) is 12.0 Å². The van der Waals surface area contributed by atoms with E-state index in [0.717, 1.165) is 43.5 Å². The van der Waals surface area contributed by atoms with Crippen LogP contribution in [0.2, 0.25) is 0 Å². The van der Waals surface area contributed by atoms with E-state index in [2.05, 4.69) is 44.2 Å². The van der Waals surface area contributed by atoms with Gasteiger partial charge in [0.1, 0.15) is 5.69 Å². The number of rotatable bonds is 9. The third-order valence-corrected chi connectivity index (χ3v) is 6.60. The highest BCUT2D eigenvalue weighted by molar-refractivity contribution is 5.84. The second-order valence-electron chi connectivity index (χ2n) is 9.38. The third-order valence-electron chi connectivity index (χ3n) is 6.60. The molecule has 1 amide bonds. The Labute approximate surface area is 225 Å². The van der Waals surface area contributed by atoms with Crippen LogP contribution in [0.15, 0.2) is 59.7 Å². The Kier molecular flexibility index (Phi) is 9.41. The smallest absolute Gasteiger partial charge is 0.293 e. The first kappa shape index (κ1) is 28.0. The van der Waals surface area contributed by atoms with Crippen LogP contribution in [0, 0.1) is 11.8 Å². The van der Waals surface area contributed by atoms with Crippen molar-refractivity contribution in [2.45, 2.75) is 37.8 Å². The monoisotopic (exact) mass is 536 g/mol. The number of hydrogen-bond donors (Lipinski definition) is 3. The summed E-state index contributed by atoms with van der Waals surface area (Å²) in [6, 6.07) is 15.2. The van der Waals surface area contributed by atoms with Gasteiger partial charge in [-0.3, -0.25) is 14.5 Å². The van der Waals surface area contributed by atoms with Crippen LogP contribution in [-0.2, 0) is 22.5 Å². The van der Waals surface area contributed by atoms with Crippen molar-refractivity contribution in [1.82, 2.24) is 20.2 Å². The summed E-state index contributed by atoms with van der Waals surface area (Å²) in [5.41, 5.74) is 2.53. The van der Waals surface area contributed by atoms with E-state index in [0.29, 0.717) is 11.7 Å². The summed E-state index contributed by atoms with van der Waals surface area (Å²) < 4.78 is 30.7. The van der Waals surface area contributed by atoms with Crippen molar-refractivity contribution in [3.63, 3.8) is 0 Å². The molecule has 2 atom stereocenters. The number of aromatic nitrogens is 2. The van der Waals surface area contributed by atoms with E-state index in [9.17, 15) is 23.5 Å². The highest BCUT2D eigenvalue weighted by Gasteiger charge is 2.27. The Morgan fingerprint density at radius 3 is 2.38 bits per heavy atom. The number of ether oxygens (including phenoxy) is 1. The van der Waals surface area contributed by atoms with Crippen LogP contribution in [0.25, 0.3) is 0 Å². The second-order valence-corrected chi connectivity index (χ2v) is 9.38. The van der Waals surface area contributed by atoms with Crippen LogP contribution < -0.4 is 10.9 Å². The molecule has 1 aromatic heterocycles. The van der Waals surface area contributed by atoms with Gasteiger partial charge in [0.15, 0.2) is 0 Å². The zero-order valence-electron chi connectivity index (χ0n) is 21.5. The van der Waals surface area contributed by atoms with Gasteiger partial charge in [0.05, 0.1) is 24.9 Å². The molecule has 3 N–H and O–H groups in total. The SMILES string of the molecule is CO[C@@H]1CCN(Cc2ccc(C#Cc3ccc(CC(C(=O)NCC(F)F)c4nc[nH]c(=O)c4O)cc3)cc2)C1. The van der Waals surface area contributed by atoms with Gasteiger partial charge in [0.2, 0.25) is 11.7 Å². The van der Waals surface area contributed by atoms with Crippen molar-refractivity contribution >= 4 is 5.91 Å². The zero-order valence-corrected chi connectivity index (χ0v) is 21.5. The largest absolute Gasteiger partial charge is 0.502 e. The molecule has 1 saturated heterocycles. The van der Waals surface area contributed by atoms with Crippen LogP contribution in [0.5, 0.6) is 5.75 Å². The van der Waals surface area contributed by atoms with Gasteiger partial charge in [-0.15, -0.1) is 0 Å². The van der Waals surface area contributed by atoms with E-state index in [1.165, 1.54) is 5.56 Å². The first-order chi connectivity index (χ1) is 18.8. The van der Waals surface area contributed by atoms with Gasteiger partial charge in [-0.05, 0) is 48.2 Å². The molecule has 4 rings (SSSR count). The normalized spacial score (nSPS) is 16.1. The Morgan fingerprint density at radius 2 is 1.79 bits per heavy atom. The molecule has 1 aliphatic heterocycles. The lowest BCUT2D eigenvalue weighted by atomic mass is 9.94. The molecule has 0 aliphatic carbocycles. The van der Waals surface area contributed by atoms with E-state index in [4.69, 9.17) is 4.74 Å². The summed E-state index contributed by atoms with van der Waals surface area (Å²) >= 11 is 0. The molecule has 0 saturated carbocycles. The van der Waals surface area contributed by atoms with Gasteiger partial charge in [0, 0.05) is 37.9 Å². The number of amides is 1.